The van der Waals surface area contributed by atoms with Gasteiger partial charge in [-0.15, -0.1) is 11.3 Å². The van der Waals surface area contributed by atoms with Crippen LogP contribution in [-0.4, -0.2) is 10.1 Å². The SMILES string of the molecule is c1ccc2oncc2c1.c1cscn1. The third-order valence-electron chi connectivity index (χ3n) is 1.61. The molecule has 0 aliphatic heterocycles. The van der Waals surface area contributed by atoms with Gasteiger partial charge in [-0.05, 0) is 12.1 Å². The van der Waals surface area contributed by atoms with Crippen LogP contribution in [0.15, 0.2) is 52.1 Å². The minimum absolute atomic E-state index is 0.845. The van der Waals surface area contributed by atoms with Gasteiger partial charge in [0, 0.05) is 17.0 Å². The average Bonchev–Trinajstić information content (AvgIpc) is 2.92. The highest BCUT2D eigenvalue weighted by Gasteiger charge is 1.91. The predicted molar refractivity (Wildman–Crippen MR) is 56.1 cm³/mol. The van der Waals surface area contributed by atoms with Gasteiger partial charge in [0.2, 0.25) is 0 Å². The summed E-state index contributed by atoms with van der Waals surface area (Å²) < 4.78 is 4.87. The molecule has 1 aromatic carbocycles. The van der Waals surface area contributed by atoms with E-state index in [2.05, 4.69) is 10.1 Å². The summed E-state index contributed by atoms with van der Waals surface area (Å²) in [7, 11) is 0. The van der Waals surface area contributed by atoms with E-state index in [4.69, 9.17) is 4.52 Å². The maximum atomic E-state index is 4.87. The number of aromatic nitrogens is 2. The van der Waals surface area contributed by atoms with Crippen LogP contribution in [0.4, 0.5) is 0 Å². The van der Waals surface area contributed by atoms with E-state index in [9.17, 15) is 0 Å². The zero-order chi connectivity index (χ0) is 9.64. The molecule has 0 spiro atoms. The van der Waals surface area contributed by atoms with Gasteiger partial charge in [0.05, 0.1) is 11.7 Å². The summed E-state index contributed by atoms with van der Waals surface area (Å²) in [5.41, 5.74) is 2.64. The summed E-state index contributed by atoms with van der Waals surface area (Å²) in [6.45, 7) is 0. The molecule has 0 N–H and O–H groups in total. The summed E-state index contributed by atoms with van der Waals surface area (Å²) in [5, 5.41) is 6.61. The van der Waals surface area contributed by atoms with Crippen molar-refractivity contribution >= 4 is 22.3 Å². The molecule has 2 heterocycles. The molecule has 0 unspecified atom stereocenters. The monoisotopic (exact) mass is 204 g/mol. The summed E-state index contributed by atoms with van der Waals surface area (Å²) in [5.74, 6) is 0. The first-order chi connectivity index (χ1) is 6.97. The van der Waals surface area contributed by atoms with E-state index < -0.39 is 0 Å². The molecule has 0 aliphatic rings. The van der Waals surface area contributed by atoms with Crippen molar-refractivity contribution in [2.24, 2.45) is 0 Å². The fourth-order valence-electron chi connectivity index (χ4n) is 0.986. The Morgan fingerprint density at radius 1 is 1.21 bits per heavy atom. The van der Waals surface area contributed by atoms with Crippen LogP contribution in [0, 0.1) is 0 Å². The lowest BCUT2D eigenvalue weighted by Gasteiger charge is -1.78. The maximum absolute atomic E-state index is 4.87. The van der Waals surface area contributed by atoms with Gasteiger partial charge in [0.15, 0.2) is 5.58 Å². The smallest absolute Gasteiger partial charge is 0.166 e. The van der Waals surface area contributed by atoms with Gasteiger partial charge in [0.1, 0.15) is 0 Å². The lowest BCUT2D eigenvalue weighted by atomic mass is 10.3. The minimum Gasteiger partial charge on any atom is -0.356 e. The van der Waals surface area contributed by atoms with E-state index in [1.54, 1.807) is 29.2 Å². The van der Waals surface area contributed by atoms with E-state index >= 15 is 0 Å². The second-order valence-electron chi connectivity index (χ2n) is 2.54. The number of hydrogen-bond donors (Lipinski definition) is 0. The third-order valence-corrected chi connectivity index (χ3v) is 2.13. The molecular formula is C10H8N2OS. The molecule has 70 valence electrons. The number of para-hydroxylation sites is 1. The van der Waals surface area contributed by atoms with Crippen molar-refractivity contribution in [3.63, 3.8) is 0 Å². The van der Waals surface area contributed by atoms with Crippen molar-refractivity contribution in [3.8, 4) is 0 Å². The lowest BCUT2D eigenvalue weighted by molar-refractivity contribution is 0.456. The van der Waals surface area contributed by atoms with E-state index in [-0.39, 0.29) is 0 Å². The van der Waals surface area contributed by atoms with Crippen LogP contribution in [0.3, 0.4) is 0 Å². The standard InChI is InChI=1S/C7H5NO.C3H3NS/c1-2-4-7-6(3-1)5-8-9-7;1-2-5-3-4-1/h1-5H;1-3H. The van der Waals surface area contributed by atoms with Crippen molar-refractivity contribution in [1.82, 2.24) is 10.1 Å². The molecule has 0 saturated carbocycles. The Morgan fingerprint density at radius 2 is 2.14 bits per heavy atom. The quantitative estimate of drug-likeness (QED) is 0.565. The van der Waals surface area contributed by atoms with Crippen LogP contribution in [0.5, 0.6) is 0 Å². The molecule has 0 fully saturated rings. The number of thiazole rings is 1. The molecule has 3 rings (SSSR count). The summed E-state index contributed by atoms with van der Waals surface area (Å²) in [6, 6.07) is 7.74. The summed E-state index contributed by atoms with van der Waals surface area (Å²) in [4.78, 5) is 3.74. The van der Waals surface area contributed by atoms with Gasteiger partial charge >= 0.3 is 0 Å². The van der Waals surface area contributed by atoms with Crippen LogP contribution in [0.25, 0.3) is 11.0 Å². The third kappa shape index (κ3) is 2.17. The Balaban J connectivity index is 0.000000128. The zero-order valence-electron chi connectivity index (χ0n) is 7.33. The van der Waals surface area contributed by atoms with E-state index in [0.717, 1.165) is 11.0 Å². The fourth-order valence-corrected chi connectivity index (χ4v) is 1.34. The highest BCUT2D eigenvalue weighted by Crippen LogP contribution is 2.10. The second kappa shape index (κ2) is 4.53. The average molecular weight is 204 g/mol. The van der Waals surface area contributed by atoms with Crippen LogP contribution < -0.4 is 0 Å². The van der Waals surface area contributed by atoms with E-state index in [1.807, 2.05) is 29.6 Å². The molecule has 0 atom stereocenters. The fraction of sp³-hybridized carbons (Fsp3) is 0. The van der Waals surface area contributed by atoms with Crippen molar-refractivity contribution in [2.75, 3.05) is 0 Å². The summed E-state index contributed by atoms with van der Waals surface area (Å²) >= 11 is 1.60. The van der Waals surface area contributed by atoms with Crippen LogP contribution >= 0.6 is 11.3 Å². The van der Waals surface area contributed by atoms with Crippen LogP contribution in [0.2, 0.25) is 0 Å². The molecule has 0 radical (unpaired) electrons. The Labute approximate surface area is 85.0 Å². The van der Waals surface area contributed by atoms with Gasteiger partial charge in [-0.25, -0.2) is 0 Å². The molecule has 0 bridgehead atoms. The predicted octanol–water partition coefficient (Wildman–Crippen LogP) is 2.97. The Hall–Kier alpha value is -1.68. The zero-order valence-corrected chi connectivity index (χ0v) is 8.15. The van der Waals surface area contributed by atoms with Crippen molar-refractivity contribution < 1.29 is 4.52 Å². The summed E-state index contributed by atoms with van der Waals surface area (Å²) in [6.07, 6.45) is 3.47. The van der Waals surface area contributed by atoms with Gasteiger partial charge < -0.3 is 4.52 Å². The van der Waals surface area contributed by atoms with E-state index in [1.165, 1.54) is 0 Å². The highest BCUT2D eigenvalue weighted by atomic mass is 32.1. The number of nitrogens with zero attached hydrogens (tertiary/aromatic N) is 2. The number of hydrogen-bond acceptors (Lipinski definition) is 4. The number of benzene rings is 1. The first kappa shape index (κ1) is 8.90. The lowest BCUT2D eigenvalue weighted by Crippen LogP contribution is -1.57. The second-order valence-corrected chi connectivity index (χ2v) is 3.29. The van der Waals surface area contributed by atoms with E-state index in [0.29, 0.717) is 0 Å². The van der Waals surface area contributed by atoms with Crippen molar-refractivity contribution in [2.45, 2.75) is 0 Å². The Morgan fingerprint density at radius 3 is 2.79 bits per heavy atom. The topological polar surface area (TPSA) is 38.9 Å². The van der Waals surface area contributed by atoms with Gasteiger partial charge in [-0.2, -0.15) is 0 Å². The van der Waals surface area contributed by atoms with Crippen molar-refractivity contribution in [1.29, 1.82) is 0 Å². The number of rotatable bonds is 0. The Kier molecular flexibility index (Phi) is 2.88. The normalized spacial score (nSPS) is 9.43. The number of fused-ring (bicyclic) bond motifs is 1. The molecule has 3 nitrogen and oxygen atoms in total. The molecule has 2 aromatic heterocycles. The molecule has 3 aromatic rings. The molecule has 14 heavy (non-hydrogen) atoms. The molecule has 0 aliphatic carbocycles. The molecule has 0 amide bonds. The van der Waals surface area contributed by atoms with Crippen LogP contribution in [0.1, 0.15) is 0 Å². The minimum atomic E-state index is 0.845. The van der Waals surface area contributed by atoms with Crippen LogP contribution in [-0.2, 0) is 0 Å². The largest absolute Gasteiger partial charge is 0.356 e. The first-order valence-corrected chi connectivity index (χ1v) is 5.02. The van der Waals surface area contributed by atoms with Gasteiger partial charge in [-0.3, -0.25) is 4.98 Å². The molecular weight excluding hydrogens is 196 g/mol. The first-order valence-electron chi connectivity index (χ1n) is 4.08. The van der Waals surface area contributed by atoms with Gasteiger partial charge in [-0.1, -0.05) is 17.3 Å². The Bertz CT molecular complexity index is 428. The molecule has 4 heteroatoms. The maximum Gasteiger partial charge on any atom is 0.166 e. The van der Waals surface area contributed by atoms with Gasteiger partial charge in [0.25, 0.3) is 0 Å². The van der Waals surface area contributed by atoms with Crippen molar-refractivity contribution in [3.05, 3.63) is 47.5 Å². The molecule has 0 saturated heterocycles. The highest BCUT2D eigenvalue weighted by molar-refractivity contribution is 7.07.